The van der Waals surface area contributed by atoms with Crippen LogP contribution in [0.4, 0.5) is 0 Å². The lowest BCUT2D eigenvalue weighted by molar-refractivity contribution is 0.0695. The van der Waals surface area contributed by atoms with Gasteiger partial charge in [-0.25, -0.2) is 4.79 Å². The molecule has 1 N–H and O–H groups in total. The summed E-state index contributed by atoms with van der Waals surface area (Å²) < 4.78 is 0. The van der Waals surface area contributed by atoms with Crippen molar-refractivity contribution in [3.8, 4) is 0 Å². The van der Waals surface area contributed by atoms with Gasteiger partial charge in [-0.05, 0) is 23.6 Å². The highest BCUT2D eigenvalue weighted by Crippen LogP contribution is 2.18. The van der Waals surface area contributed by atoms with Gasteiger partial charge in [-0.2, -0.15) is 0 Å². The molecule has 2 nitrogen and oxygen atoms in total. The fraction of sp³-hybridized carbons (Fsp3) is 0.300. The number of hydrogen-bond acceptors (Lipinski definition) is 1. The summed E-state index contributed by atoms with van der Waals surface area (Å²) in [5, 5.41) is 9.61. The van der Waals surface area contributed by atoms with Gasteiger partial charge in [0.25, 0.3) is 0 Å². The summed E-state index contributed by atoms with van der Waals surface area (Å²) in [6, 6.07) is 5.37. The topological polar surface area (TPSA) is 37.3 Å². The zero-order valence-electron chi connectivity index (χ0n) is 7.38. The molecule has 1 rings (SSSR count). The maximum Gasteiger partial charge on any atom is 0.335 e. The second-order valence-electron chi connectivity index (χ2n) is 2.74. The van der Waals surface area contributed by atoms with Gasteiger partial charge in [0.05, 0.1) is 5.56 Å². The van der Waals surface area contributed by atoms with Crippen molar-refractivity contribution in [2.24, 2.45) is 0 Å². The Balaban J connectivity index is 3.27. The summed E-state index contributed by atoms with van der Waals surface area (Å²) in [6.07, 6.45) is 0.753. The highest BCUT2D eigenvalue weighted by molar-refractivity contribution is 9.08. The molecule has 0 bridgehead atoms. The predicted octanol–water partition coefficient (Wildman–Crippen LogP) is 2.84. The smallest absolute Gasteiger partial charge is 0.335 e. The second-order valence-corrected chi connectivity index (χ2v) is 3.30. The Morgan fingerprint density at radius 2 is 2.23 bits per heavy atom. The van der Waals surface area contributed by atoms with Gasteiger partial charge in [0.1, 0.15) is 0 Å². The van der Waals surface area contributed by atoms with Crippen LogP contribution in [0.5, 0.6) is 0 Å². The van der Waals surface area contributed by atoms with E-state index in [1.165, 1.54) is 0 Å². The molecule has 0 atom stereocenters. The molecule has 0 heterocycles. The van der Waals surface area contributed by atoms with Gasteiger partial charge in [-0.1, -0.05) is 35.0 Å². The van der Waals surface area contributed by atoms with E-state index in [0.29, 0.717) is 10.9 Å². The third kappa shape index (κ3) is 2.10. The Labute approximate surface area is 85.7 Å². The van der Waals surface area contributed by atoms with Gasteiger partial charge < -0.3 is 5.11 Å². The number of rotatable bonds is 3. The first-order chi connectivity index (χ1) is 6.20. The molecule has 3 heteroatoms. The van der Waals surface area contributed by atoms with Crippen LogP contribution >= 0.6 is 15.9 Å². The van der Waals surface area contributed by atoms with Gasteiger partial charge >= 0.3 is 5.97 Å². The number of halogens is 1. The molecule has 13 heavy (non-hydrogen) atoms. The highest BCUT2D eigenvalue weighted by atomic mass is 79.9. The number of benzene rings is 1. The second kappa shape index (κ2) is 4.42. The van der Waals surface area contributed by atoms with Gasteiger partial charge in [0, 0.05) is 5.33 Å². The molecule has 0 aliphatic rings. The summed E-state index contributed by atoms with van der Waals surface area (Å²) in [5.74, 6) is -0.848. The van der Waals surface area contributed by atoms with Gasteiger partial charge in [0.15, 0.2) is 0 Å². The van der Waals surface area contributed by atoms with E-state index in [1.54, 1.807) is 12.1 Å². The molecule has 0 fully saturated rings. The largest absolute Gasteiger partial charge is 0.478 e. The monoisotopic (exact) mass is 242 g/mol. The summed E-state index contributed by atoms with van der Waals surface area (Å²) in [4.78, 5) is 10.8. The fourth-order valence-electron chi connectivity index (χ4n) is 1.38. The number of carboxylic acid groups (broad SMARTS) is 1. The van der Waals surface area contributed by atoms with Crippen LogP contribution in [0.2, 0.25) is 0 Å². The number of hydrogen-bond donors (Lipinski definition) is 1. The Kier molecular flexibility index (Phi) is 3.48. The Bertz CT molecular complexity index is 321. The van der Waals surface area contributed by atoms with Crippen molar-refractivity contribution < 1.29 is 9.90 Å². The van der Waals surface area contributed by atoms with Crippen molar-refractivity contribution in [3.63, 3.8) is 0 Å². The number of aromatic carboxylic acids is 1. The van der Waals surface area contributed by atoms with Crippen LogP contribution in [0.25, 0.3) is 0 Å². The van der Waals surface area contributed by atoms with E-state index in [4.69, 9.17) is 5.11 Å². The van der Waals surface area contributed by atoms with E-state index < -0.39 is 5.97 Å². The van der Waals surface area contributed by atoms with Crippen LogP contribution in [0, 0.1) is 0 Å². The Hall–Kier alpha value is -0.830. The van der Waals surface area contributed by atoms with Crippen molar-refractivity contribution in [3.05, 3.63) is 34.9 Å². The van der Waals surface area contributed by atoms with Crippen LogP contribution in [0.1, 0.15) is 28.4 Å². The third-order valence-electron chi connectivity index (χ3n) is 2.00. The van der Waals surface area contributed by atoms with Crippen molar-refractivity contribution in [2.45, 2.75) is 18.7 Å². The fourth-order valence-corrected chi connectivity index (χ4v) is 1.90. The van der Waals surface area contributed by atoms with Crippen LogP contribution in [-0.2, 0) is 11.8 Å². The molecule has 0 aliphatic heterocycles. The predicted molar refractivity (Wildman–Crippen MR) is 55.4 cm³/mol. The van der Waals surface area contributed by atoms with Crippen molar-refractivity contribution >= 4 is 21.9 Å². The molecule has 0 spiro atoms. The molecule has 0 aromatic heterocycles. The highest BCUT2D eigenvalue weighted by Gasteiger charge is 2.10. The van der Waals surface area contributed by atoms with Crippen molar-refractivity contribution in [1.29, 1.82) is 0 Å². The molecule has 70 valence electrons. The van der Waals surface area contributed by atoms with E-state index in [9.17, 15) is 4.79 Å². The molecule has 0 radical (unpaired) electrons. The SMILES string of the molecule is CCc1c(CBr)cccc1C(=O)O. The van der Waals surface area contributed by atoms with Gasteiger partial charge in [0.2, 0.25) is 0 Å². The molecular weight excluding hydrogens is 232 g/mol. The first kappa shape index (κ1) is 10.3. The first-order valence-electron chi connectivity index (χ1n) is 4.10. The lowest BCUT2D eigenvalue weighted by Gasteiger charge is -2.07. The Morgan fingerprint density at radius 3 is 2.69 bits per heavy atom. The van der Waals surface area contributed by atoms with E-state index in [-0.39, 0.29) is 0 Å². The Morgan fingerprint density at radius 1 is 1.54 bits per heavy atom. The van der Waals surface area contributed by atoms with Crippen LogP contribution in [0.15, 0.2) is 18.2 Å². The van der Waals surface area contributed by atoms with E-state index in [2.05, 4.69) is 15.9 Å². The summed E-state index contributed by atoms with van der Waals surface area (Å²) in [6.45, 7) is 1.97. The van der Waals surface area contributed by atoms with Crippen LogP contribution < -0.4 is 0 Å². The molecule has 0 unspecified atom stereocenters. The summed E-state index contributed by atoms with van der Waals surface area (Å²) in [5.41, 5.74) is 2.40. The minimum atomic E-state index is -0.848. The molecule has 0 saturated heterocycles. The standard InChI is InChI=1S/C10H11BrO2/c1-2-8-7(6-11)4-3-5-9(8)10(12)13/h3-5H,2,6H2,1H3,(H,12,13). The summed E-state index contributed by atoms with van der Waals surface area (Å²) >= 11 is 3.34. The average Bonchev–Trinajstić information content (AvgIpc) is 2.16. The third-order valence-corrected chi connectivity index (χ3v) is 2.61. The number of carboxylic acids is 1. The normalized spacial score (nSPS) is 10.0. The lowest BCUT2D eigenvalue weighted by Crippen LogP contribution is -2.04. The minimum absolute atomic E-state index is 0.416. The quantitative estimate of drug-likeness (QED) is 0.829. The number of alkyl halides is 1. The van der Waals surface area contributed by atoms with Crippen molar-refractivity contribution in [2.75, 3.05) is 0 Å². The number of carbonyl (C=O) groups is 1. The molecule has 0 aliphatic carbocycles. The molecule has 0 saturated carbocycles. The molecule has 1 aromatic carbocycles. The summed E-state index contributed by atoms with van der Waals surface area (Å²) in [7, 11) is 0. The maximum atomic E-state index is 10.8. The van der Waals surface area contributed by atoms with Crippen LogP contribution in [-0.4, -0.2) is 11.1 Å². The first-order valence-corrected chi connectivity index (χ1v) is 5.22. The lowest BCUT2D eigenvalue weighted by atomic mass is 10.00. The van der Waals surface area contributed by atoms with E-state index in [0.717, 1.165) is 17.5 Å². The average molecular weight is 243 g/mol. The minimum Gasteiger partial charge on any atom is -0.478 e. The molecule has 0 amide bonds. The molecule has 1 aromatic rings. The molecular formula is C10H11BrO2. The zero-order chi connectivity index (χ0) is 9.84. The van der Waals surface area contributed by atoms with E-state index >= 15 is 0 Å². The zero-order valence-corrected chi connectivity index (χ0v) is 8.97. The van der Waals surface area contributed by atoms with E-state index in [1.807, 2.05) is 13.0 Å². The van der Waals surface area contributed by atoms with Crippen molar-refractivity contribution in [1.82, 2.24) is 0 Å². The van der Waals surface area contributed by atoms with Gasteiger partial charge in [-0.3, -0.25) is 0 Å². The van der Waals surface area contributed by atoms with Gasteiger partial charge in [-0.15, -0.1) is 0 Å². The maximum absolute atomic E-state index is 10.8. The van der Waals surface area contributed by atoms with Crippen LogP contribution in [0.3, 0.4) is 0 Å².